The van der Waals surface area contributed by atoms with Crippen molar-refractivity contribution in [3.63, 3.8) is 0 Å². The summed E-state index contributed by atoms with van der Waals surface area (Å²) in [6, 6.07) is 63.4. The summed E-state index contributed by atoms with van der Waals surface area (Å²) in [4.78, 5) is 11.2. The maximum atomic E-state index is 5.63. The second-order valence-electron chi connectivity index (χ2n) is 14.1. The van der Waals surface area contributed by atoms with E-state index < -0.39 is 0 Å². The van der Waals surface area contributed by atoms with Gasteiger partial charge in [0.1, 0.15) is 0 Å². The number of aromatic nitrogens is 3. The van der Waals surface area contributed by atoms with Crippen LogP contribution in [0.3, 0.4) is 0 Å². The Kier molecular flexibility index (Phi) is 6.21. The first-order chi connectivity index (χ1) is 26.8. The predicted octanol–water partition coefficient (Wildman–Crippen LogP) is 13.9. The summed E-state index contributed by atoms with van der Waals surface area (Å²) < 4.78 is 4.91. The fraction of sp³-hybridized carbons (Fsp3) is 0. The van der Waals surface area contributed by atoms with Gasteiger partial charge in [0.2, 0.25) is 5.95 Å². The molecular formula is C50H29N3S. The zero-order valence-electron chi connectivity index (χ0n) is 29.0. The van der Waals surface area contributed by atoms with Crippen LogP contribution in [0.15, 0.2) is 176 Å². The van der Waals surface area contributed by atoms with Crippen LogP contribution in [-0.2, 0) is 0 Å². The standard InChI is InChI=1S/C50H29N3S/c1-2-12-30(13-3-1)31-22-24-34(25-23-31)45-41-29-27-32-14-4-6-16-35(32)46(41)52-50(51-45)53-47-36-17-7-5-15-33(36)26-28-40(47)43-37-18-8-9-19-38(37)44-39-20-10-11-21-42(39)54-49(44)48(43)53/h1-29H. The molecular weight excluding hydrogens is 675 g/mol. The van der Waals surface area contributed by atoms with Crippen LogP contribution in [0.1, 0.15) is 0 Å². The van der Waals surface area contributed by atoms with E-state index in [1.807, 2.05) is 11.3 Å². The number of hydrogen-bond acceptors (Lipinski definition) is 3. The average Bonchev–Trinajstić information content (AvgIpc) is 3.81. The summed E-state index contributed by atoms with van der Waals surface area (Å²) in [5.74, 6) is 0.673. The zero-order valence-corrected chi connectivity index (χ0v) is 29.8. The highest BCUT2D eigenvalue weighted by Crippen LogP contribution is 2.49. The van der Waals surface area contributed by atoms with Crippen molar-refractivity contribution in [1.29, 1.82) is 0 Å². The van der Waals surface area contributed by atoms with Crippen molar-refractivity contribution in [2.45, 2.75) is 0 Å². The fourth-order valence-electron chi connectivity index (χ4n) is 8.76. The SMILES string of the molecule is c1ccc(-c2ccc(-c3nc(-n4c5c6ccccc6ccc5c5c6ccccc6c6c7ccccc7sc6c54)nc4c3ccc3ccccc34)cc2)cc1. The smallest absolute Gasteiger partial charge is 0.235 e. The van der Waals surface area contributed by atoms with Crippen molar-refractivity contribution < 1.29 is 0 Å². The average molecular weight is 704 g/mol. The first-order valence-electron chi connectivity index (χ1n) is 18.3. The Bertz CT molecular complexity index is 3490. The number of nitrogens with zero attached hydrogens (tertiary/aromatic N) is 3. The quantitative estimate of drug-likeness (QED) is 0.172. The highest BCUT2D eigenvalue weighted by molar-refractivity contribution is 7.27. The van der Waals surface area contributed by atoms with Crippen LogP contribution in [0.4, 0.5) is 0 Å². The van der Waals surface area contributed by atoms with Gasteiger partial charge in [-0.25, -0.2) is 9.97 Å². The van der Waals surface area contributed by atoms with E-state index in [1.165, 1.54) is 63.6 Å². The lowest BCUT2D eigenvalue weighted by atomic mass is 9.98. The number of fused-ring (bicyclic) bond motifs is 15. The van der Waals surface area contributed by atoms with Crippen molar-refractivity contribution in [3.8, 4) is 28.3 Å². The monoisotopic (exact) mass is 703 g/mol. The molecule has 54 heavy (non-hydrogen) atoms. The molecule has 0 saturated heterocycles. The van der Waals surface area contributed by atoms with Crippen LogP contribution in [0.25, 0.3) is 114 Å². The van der Waals surface area contributed by atoms with Crippen LogP contribution in [0.2, 0.25) is 0 Å². The highest BCUT2D eigenvalue weighted by atomic mass is 32.1. The maximum absolute atomic E-state index is 5.63. The molecule has 0 radical (unpaired) electrons. The fourth-order valence-corrected chi connectivity index (χ4v) is 10.0. The van der Waals surface area contributed by atoms with E-state index >= 15 is 0 Å². The third-order valence-corrected chi connectivity index (χ3v) is 12.4. The number of rotatable bonds is 3. The summed E-state index contributed by atoms with van der Waals surface area (Å²) in [7, 11) is 0. The molecule has 0 aliphatic heterocycles. The molecule has 0 atom stereocenters. The molecule has 0 N–H and O–H groups in total. The van der Waals surface area contributed by atoms with E-state index in [0.29, 0.717) is 5.95 Å². The third-order valence-electron chi connectivity index (χ3n) is 11.2. The molecule has 9 aromatic carbocycles. The first kappa shape index (κ1) is 29.7. The lowest BCUT2D eigenvalue weighted by molar-refractivity contribution is 1.02. The molecule has 3 heterocycles. The van der Waals surface area contributed by atoms with Gasteiger partial charge in [0.25, 0.3) is 0 Å². The Morgan fingerprint density at radius 2 is 0.944 bits per heavy atom. The summed E-state index contributed by atoms with van der Waals surface area (Å²) in [6.07, 6.45) is 0. The third kappa shape index (κ3) is 4.17. The molecule has 0 bridgehead atoms. The topological polar surface area (TPSA) is 30.7 Å². The van der Waals surface area contributed by atoms with Crippen LogP contribution < -0.4 is 0 Å². The van der Waals surface area contributed by atoms with E-state index in [9.17, 15) is 0 Å². The number of thiophene rings is 1. The Morgan fingerprint density at radius 1 is 0.370 bits per heavy atom. The summed E-state index contributed by atoms with van der Waals surface area (Å²) in [5.41, 5.74) is 7.58. The molecule has 0 unspecified atom stereocenters. The van der Waals surface area contributed by atoms with E-state index in [-0.39, 0.29) is 0 Å². The Hall–Kier alpha value is -6.88. The molecule has 12 rings (SSSR count). The van der Waals surface area contributed by atoms with Crippen LogP contribution in [0.5, 0.6) is 0 Å². The van der Waals surface area contributed by atoms with E-state index in [1.54, 1.807) is 0 Å². The van der Waals surface area contributed by atoms with Gasteiger partial charge in [0.15, 0.2) is 0 Å². The number of hydrogen-bond donors (Lipinski definition) is 0. The Labute approximate surface area is 314 Å². The van der Waals surface area contributed by atoms with E-state index in [4.69, 9.17) is 9.97 Å². The Balaban J connectivity index is 1.28. The molecule has 12 aromatic rings. The van der Waals surface area contributed by atoms with Gasteiger partial charge >= 0.3 is 0 Å². The van der Waals surface area contributed by atoms with E-state index in [0.717, 1.165) is 44.0 Å². The molecule has 3 aromatic heterocycles. The van der Waals surface area contributed by atoms with Gasteiger partial charge in [-0.1, -0.05) is 164 Å². The van der Waals surface area contributed by atoms with E-state index in [2.05, 4.69) is 180 Å². The maximum Gasteiger partial charge on any atom is 0.235 e. The summed E-state index contributed by atoms with van der Waals surface area (Å²) in [6.45, 7) is 0. The predicted molar refractivity (Wildman–Crippen MR) is 230 cm³/mol. The summed E-state index contributed by atoms with van der Waals surface area (Å²) >= 11 is 1.87. The van der Waals surface area contributed by atoms with Crippen LogP contribution in [-0.4, -0.2) is 14.5 Å². The molecule has 0 spiro atoms. The highest BCUT2D eigenvalue weighted by Gasteiger charge is 2.25. The van der Waals surface area contributed by atoms with Crippen molar-refractivity contribution in [2.24, 2.45) is 0 Å². The van der Waals surface area contributed by atoms with Gasteiger partial charge in [-0.15, -0.1) is 11.3 Å². The van der Waals surface area contributed by atoms with Gasteiger partial charge in [0.05, 0.1) is 26.9 Å². The van der Waals surface area contributed by atoms with Crippen LogP contribution >= 0.6 is 11.3 Å². The minimum absolute atomic E-state index is 0.673. The molecule has 250 valence electrons. The molecule has 3 nitrogen and oxygen atoms in total. The first-order valence-corrected chi connectivity index (χ1v) is 19.2. The van der Waals surface area contributed by atoms with Gasteiger partial charge in [0, 0.05) is 48.0 Å². The van der Waals surface area contributed by atoms with Gasteiger partial charge in [-0.3, -0.25) is 4.57 Å². The molecule has 0 fully saturated rings. The largest absolute Gasteiger partial charge is 0.276 e. The Morgan fingerprint density at radius 3 is 1.72 bits per heavy atom. The number of benzene rings is 9. The van der Waals surface area contributed by atoms with Crippen molar-refractivity contribution in [2.75, 3.05) is 0 Å². The summed E-state index contributed by atoms with van der Waals surface area (Å²) in [5, 5.41) is 13.2. The molecule has 0 saturated carbocycles. The zero-order chi connectivity index (χ0) is 35.3. The van der Waals surface area contributed by atoms with Crippen molar-refractivity contribution in [1.82, 2.24) is 14.5 Å². The minimum Gasteiger partial charge on any atom is -0.276 e. The lowest BCUT2D eigenvalue weighted by Gasteiger charge is -2.15. The van der Waals surface area contributed by atoms with Crippen molar-refractivity contribution >= 4 is 96.5 Å². The normalized spacial score (nSPS) is 12.1. The lowest BCUT2D eigenvalue weighted by Crippen LogP contribution is -2.04. The van der Waals surface area contributed by atoms with Crippen LogP contribution in [0, 0.1) is 0 Å². The van der Waals surface area contributed by atoms with Gasteiger partial charge < -0.3 is 0 Å². The molecule has 0 aliphatic carbocycles. The second-order valence-corrected chi connectivity index (χ2v) is 15.1. The van der Waals surface area contributed by atoms with Crippen molar-refractivity contribution in [3.05, 3.63) is 176 Å². The molecule has 0 aliphatic rings. The molecule has 4 heteroatoms. The van der Waals surface area contributed by atoms with Gasteiger partial charge in [-0.05, 0) is 44.8 Å². The molecule has 0 amide bonds. The second kappa shape index (κ2) is 11.3. The van der Waals surface area contributed by atoms with Gasteiger partial charge in [-0.2, -0.15) is 0 Å². The minimum atomic E-state index is 0.673.